The largest absolute Gasteiger partial charge is 0.509 e. The van der Waals surface area contributed by atoms with E-state index in [1.54, 1.807) is 19.1 Å². The number of ether oxygens (including phenoxy) is 5. The Morgan fingerprint density at radius 2 is 1.60 bits per heavy atom. The van der Waals surface area contributed by atoms with Crippen LogP contribution >= 0.6 is 0 Å². The standard InChI is InChI=1S/C37H38N2O8/c1-24-32(47-37(42)46-24)23-45-35(40)29-8-3-2-7-28(29)27-13-11-25(12-14-27)21-38-18-15-26(16-19-38)22-44-36(41)33-30-9-4-5-10-31(30)39-17-6-20-43-34(33)39/h2-5,7-14,24,26,32H,6,15-23H2,1H3. The van der Waals surface area contributed by atoms with Crippen molar-refractivity contribution in [2.75, 3.05) is 32.9 Å². The number of nitrogens with zero attached hydrogens (tertiary/aromatic N) is 2. The molecular formula is C37H38N2O8. The Labute approximate surface area is 273 Å². The van der Waals surface area contributed by atoms with Crippen molar-refractivity contribution in [2.24, 2.45) is 5.92 Å². The summed E-state index contributed by atoms with van der Waals surface area (Å²) in [6.07, 6.45) is 0.988. The fraction of sp³-hybridized carbons (Fsp3) is 0.378. The number of aromatic nitrogens is 1. The molecule has 2 unspecified atom stereocenters. The van der Waals surface area contributed by atoms with E-state index < -0.39 is 24.3 Å². The average Bonchev–Trinajstić information content (AvgIpc) is 3.62. The molecule has 0 bridgehead atoms. The van der Waals surface area contributed by atoms with E-state index in [2.05, 4.69) is 21.6 Å². The number of benzene rings is 3. The first-order valence-electron chi connectivity index (χ1n) is 16.3. The lowest BCUT2D eigenvalue weighted by Gasteiger charge is -2.31. The Balaban J connectivity index is 0.910. The van der Waals surface area contributed by atoms with Gasteiger partial charge in [0, 0.05) is 18.5 Å². The van der Waals surface area contributed by atoms with E-state index in [1.807, 2.05) is 48.5 Å². The SMILES string of the molecule is CC1OC(=O)OC1COC(=O)c1ccccc1-c1ccc(CN2CCC(COC(=O)c3c4n(c5ccccc35)CCCO4)CC2)cc1. The van der Waals surface area contributed by atoms with E-state index in [0.29, 0.717) is 36.1 Å². The summed E-state index contributed by atoms with van der Waals surface area (Å²) in [5, 5.41) is 0.886. The Morgan fingerprint density at radius 3 is 2.38 bits per heavy atom. The molecule has 244 valence electrons. The molecule has 2 fully saturated rings. The molecule has 3 aliphatic heterocycles. The maximum Gasteiger partial charge on any atom is 0.509 e. The molecule has 4 aromatic rings. The number of carbonyl (C=O) groups excluding carboxylic acids is 3. The molecule has 10 nitrogen and oxygen atoms in total. The van der Waals surface area contributed by atoms with Gasteiger partial charge >= 0.3 is 18.1 Å². The summed E-state index contributed by atoms with van der Waals surface area (Å²) in [6, 6.07) is 23.5. The number of hydrogen-bond donors (Lipinski definition) is 0. The molecule has 4 heterocycles. The van der Waals surface area contributed by atoms with Crippen molar-refractivity contribution >= 4 is 29.0 Å². The van der Waals surface area contributed by atoms with Crippen molar-refractivity contribution in [3.63, 3.8) is 0 Å². The van der Waals surface area contributed by atoms with Gasteiger partial charge in [-0.1, -0.05) is 60.7 Å². The van der Waals surface area contributed by atoms with Gasteiger partial charge in [0.05, 0.1) is 24.3 Å². The van der Waals surface area contributed by atoms with Gasteiger partial charge in [-0.3, -0.25) is 4.90 Å². The molecule has 0 N–H and O–H groups in total. The lowest BCUT2D eigenvalue weighted by Crippen LogP contribution is -2.35. The second-order valence-electron chi connectivity index (χ2n) is 12.4. The number of hydrogen-bond acceptors (Lipinski definition) is 9. The fourth-order valence-corrected chi connectivity index (χ4v) is 6.66. The van der Waals surface area contributed by atoms with E-state index in [9.17, 15) is 14.4 Å². The van der Waals surface area contributed by atoms with Crippen LogP contribution in [0.3, 0.4) is 0 Å². The van der Waals surface area contributed by atoms with Crippen molar-refractivity contribution < 1.29 is 38.1 Å². The van der Waals surface area contributed by atoms with E-state index in [0.717, 1.165) is 67.5 Å². The second kappa shape index (κ2) is 13.5. The summed E-state index contributed by atoms with van der Waals surface area (Å²) in [5.41, 5.74) is 4.86. The number of cyclic esters (lactones) is 2. The van der Waals surface area contributed by atoms with Crippen LogP contribution in [0.5, 0.6) is 5.88 Å². The molecule has 1 aromatic heterocycles. The molecule has 0 spiro atoms. The van der Waals surface area contributed by atoms with Crippen molar-refractivity contribution in [1.29, 1.82) is 0 Å². The fourth-order valence-electron chi connectivity index (χ4n) is 6.66. The molecule has 47 heavy (non-hydrogen) atoms. The van der Waals surface area contributed by atoms with Crippen LogP contribution in [0, 0.1) is 5.92 Å². The van der Waals surface area contributed by atoms with Crippen LogP contribution in [0.1, 0.15) is 52.5 Å². The summed E-state index contributed by atoms with van der Waals surface area (Å²) in [6.45, 7) is 6.14. The third-order valence-corrected chi connectivity index (χ3v) is 9.30. The minimum absolute atomic E-state index is 0.0701. The number of aryl methyl sites for hydroxylation is 1. The summed E-state index contributed by atoms with van der Waals surface area (Å²) < 4.78 is 29.4. The molecule has 2 saturated heterocycles. The lowest BCUT2D eigenvalue weighted by molar-refractivity contribution is 0.0249. The predicted octanol–water partition coefficient (Wildman–Crippen LogP) is 6.24. The Hall–Kier alpha value is -4.83. The summed E-state index contributed by atoms with van der Waals surface area (Å²) in [4.78, 5) is 40.0. The molecule has 3 aliphatic rings. The highest BCUT2D eigenvalue weighted by molar-refractivity contribution is 6.07. The zero-order valence-corrected chi connectivity index (χ0v) is 26.4. The monoisotopic (exact) mass is 638 g/mol. The Bertz CT molecular complexity index is 1770. The van der Waals surface area contributed by atoms with Gasteiger partial charge in [0.25, 0.3) is 0 Å². The molecular weight excluding hydrogens is 600 g/mol. The minimum atomic E-state index is -0.750. The highest BCUT2D eigenvalue weighted by Gasteiger charge is 2.34. The van der Waals surface area contributed by atoms with E-state index in [-0.39, 0.29) is 12.6 Å². The summed E-state index contributed by atoms with van der Waals surface area (Å²) in [5.74, 6) is 0.154. The minimum Gasteiger partial charge on any atom is -0.478 e. The van der Waals surface area contributed by atoms with Gasteiger partial charge < -0.3 is 28.3 Å². The predicted molar refractivity (Wildman–Crippen MR) is 173 cm³/mol. The van der Waals surface area contributed by atoms with Crippen LogP contribution < -0.4 is 4.74 Å². The Kier molecular flexibility index (Phi) is 8.84. The topological polar surface area (TPSA) is 106 Å². The van der Waals surface area contributed by atoms with E-state index >= 15 is 0 Å². The summed E-state index contributed by atoms with van der Waals surface area (Å²) in [7, 11) is 0. The van der Waals surface area contributed by atoms with Crippen LogP contribution in [0.25, 0.3) is 22.0 Å². The number of fused-ring (bicyclic) bond motifs is 3. The van der Waals surface area contributed by atoms with Gasteiger partial charge in [-0.15, -0.1) is 0 Å². The first-order valence-corrected chi connectivity index (χ1v) is 16.3. The van der Waals surface area contributed by atoms with Crippen LogP contribution in [-0.2, 0) is 32.0 Å². The molecule has 0 radical (unpaired) electrons. The number of likely N-dealkylation sites (tertiary alicyclic amines) is 1. The van der Waals surface area contributed by atoms with Gasteiger partial charge in [-0.2, -0.15) is 0 Å². The van der Waals surface area contributed by atoms with E-state index in [1.165, 1.54) is 5.56 Å². The van der Waals surface area contributed by atoms with Crippen LogP contribution in [0.15, 0.2) is 72.8 Å². The molecule has 10 heteroatoms. The number of carbonyl (C=O) groups is 3. The quantitative estimate of drug-likeness (QED) is 0.156. The smallest absolute Gasteiger partial charge is 0.478 e. The highest BCUT2D eigenvalue weighted by atomic mass is 16.8. The first kappa shape index (κ1) is 30.8. The molecule has 0 amide bonds. The van der Waals surface area contributed by atoms with Gasteiger partial charge in [-0.05, 0) is 74.0 Å². The van der Waals surface area contributed by atoms with Crippen molar-refractivity contribution in [1.82, 2.24) is 9.47 Å². The highest BCUT2D eigenvalue weighted by Crippen LogP contribution is 2.35. The zero-order chi connectivity index (χ0) is 32.3. The van der Waals surface area contributed by atoms with Gasteiger partial charge in [0.1, 0.15) is 18.3 Å². The first-order chi connectivity index (χ1) is 22.9. The third kappa shape index (κ3) is 6.55. The number of esters is 2. The van der Waals surface area contributed by atoms with Crippen molar-refractivity contribution in [3.8, 4) is 17.0 Å². The van der Waals surface area contributed by atoms with Crippen molar-refractivity contribution in [3.05, 3.63) is 89.5 Å². The maximum atomic E-state index is 13.3. The lowest BCUT2D eigenvalue weighted by atomic mass is 9.96. The summed E-state index contributed by atoms with van der Waals surface area (Å²) >= 11 is 0. The van der Waals surface area contributed by atoms with Gasteiger partial charge in [0.15, 0.2) is 6.10 Å². The van der Waals surface area contributed by atoms with Crippen molar-refractivity contribution in [2.45, 2.75) is 51.5 Å². The average molecular weight is 639 g/mol. The van der Waals surface area contributed by atoms with Gasteiger partial charge in [-0.25, -0.2) is 14.4 Å². The zero-order valence-electron chi connectivity index (χ0n) is 26.4. The second-order valence-corrected chi connectivity index (χ2v) is 12.4. The van der Waals surface area contributed by atoms with Gasteiger partial charge in [0.2, 0.25) is 5.88 Å². The number of piperidine rings is 1. The normalized spacial score (nSPS) is 19.8. The third-order valence-electron chi connectivity index (χ3n) is 9.30. The van der Waals surface area contributed by atoms with Crippen LogP contribution in [0.4, 0.5) is 4.79 Å². The van der Waals surface area contributed by atoms with Crippen LogP contribution in [-0.4, -0.2) is 72.7 Å². The molecule has 7 rings (SSSR count). The molecule has 3 aromatic carbocycles. The van der Waals surface area contributed by atoms with E-state index in [4.69, 9.17) is 23.7 Å². The molecule has 0 saturated carbocycles. The van der Waals surface area contributed by atoms with Crippen LogP contribution in [0.2, 0.25) is 0 Å². The molecule has 2 atom stereocenters. The number of para-hydroxylation sites is 1. The Morgan fingerprint density at radius 1 is 0.851 bits per heavy atom. The molecule has 0 aliphatic carbocycles. The maximum absolute atomic E-state index is 13.3. The number of rotatable bonds is 9.